The summed E-state index contributed by atoms with van der Waals surface area (Å²) in [6.07, 6.45) is 5.99. The number of carbonyl (C=O) groups excluding carboxylic acids is 1. The summed E-state index contributed by atoms with van der Waals surface area (Å²) in [5.74, 6) is 1.35. The third-order valence-corrected chi connectivity index (χ3v) is 3.36. The molecule has 15 heavy (non-hydrogen) atoms. The fourth-order valence-corrected chi connectivity index (χ4v) is 2.55. The molecular weight excluding hydrogens is 188 g/mol. The average molecular weight is 202 g/mol. The van der Waals surface area contributed by atoms with Gasteiger partial charge in [-0.25, -0.2) is 4.99 Å². The number of amidine groups is 1. The number of amides is 1. The van der Waals surface area contributed by atoms with E-state index in [2.05, 4.69) is 23.3 Å². The molecule has 1 N–H and O–H groups in total. The van der Waals surface area contributed by atoms with Gasteiger partial charge in [0.1, 0.15) is 5.84 Å². The Bertz CT molecular complexity index is 429. The van der Waals surface area contributed by atoms with Crippen molar-refractivity contribution in [2.45, 2.75) is 32.6 Å². The summed E-state index contributed by atoms with van der Waals surface area (Å²) in [4.78, 5) is 15.8. The molecule has 1 aliphatic carbocycles. The molecule has 1 fully saturated rings. The first-order valence-corrected chi connectivity index (χ1v) is 5.50. The van der Waals surface area contributed by atoms with Crippen molar-refractivity contribution in [2.75, 3.05) is 0 Å². The summed E-state index contributed by atoms with van der Waals surface area (Å²) >= 11 is 0. The highest BCUT2D eigenvalue weighted by molar-refractivity contribution is 6.07. The molecule has 1 saturated heterocycles. The number of nitrogens with one attached hydrogen (secondary N) is 1. The van der Waals surface area contributed by atoms with Gasteiger partial charge in [-0.15, -0.1) is 0 Å². The first-order chi connectivity index (χ1) is 7.22. The zero-order valence-corrected chi connectivity index (χ0v) is 8.84. The fraction of sp³-hybridized carbons (Fsp3) is 0.500. The van der Waals surface area contributed by atoms with Gasteiger partial charge in [-0.1, -0.05) is 11.6 Å². The number of aliphatic imine (C=N–C) groups is 1. The van der Waals surface area contributed by atoms with Crippen LogP contribution in [0.15, 0.2) is 27.9 Å². The highest BCUT2D eigenvalue weighted by Crippen LogP contribution is 2.35. The summed E-state index contributed by atoms with van der Waals surface area (Å²) in [6.45, 7) is 2.17. The third-order valence-electron chi connectivity index (χ3n) is 3.36. The van der Waals surface area contributed by atoms with Crippen molar-refractivity contribution < 1.29 is 4.79 Å². The lowest BCUT2D eigenvalue weighted by atomic mass is 9.87. The molecule has 1 atom stereocenters. The summed E-state index contributed by atoms with van der Waals surface area (Å²) in [5, 5.41) is 2.86. The normalized spacial score (nSPS) is 29.1. The van der Waals surface area contributed by atoms with Crippen molar-refractivity contribution in [3.63, 3.8) is 0 Å². The highest BCUT2D eigenvalue weighted by Gasteiger charge is 2.33. The van der Waals surface area contributed by atoms with E-state index in [1.165, 1.54) is 16.8 Å². The zero-order chi connectivity index (χ0) is 10.4. The van der Waals surface area contributed by atoms with Crippen LogP contribution in [0.25, 0.3) is 0 Å². The van der Waals surface area contributed by atoms with Gasteiger partial charge >= 0.3 is 0 Å². The van der Waals surface area contributed by atoms with Gasteiger partial charge in [0.05, 0.1) is 0 Å². The fourth-order valence-electron chi connectivity index (χ4n) is 2.55. The maximum absolute atomic E-state index is 11.3. The second-order valence-electron chi connectivity index (χ2n) is 4.61. The van der Waals surface area contributed by atoms with Crippen LogP contribution in [0, 0.1) is 5.92 Å². The molecular formula is C12H14N2O. The molecule has 0 aromatic carbocycles. The minimum absolute atomic E-state index is 0.124. The molecule has 0 aromatic rings. The van der Waals surface area contributed by atoms with E-state index in [1.807, 2.05) is 0 Å². The summed E-state index contributed by atoms with van der Waals surface area (Å²) in [7, 11) is 0. The second-order valence-corrected chi connectivity index (χ2v) is 4.61. The number of rotatable bonds is 0. The molecule has 0 bridgehead atoms. The monoisotopic (exact) mass is 202 g/mol. The van der Waals surface area contributed by atoms with E-state index >= 15 is 0 Å². The van der Waals surface area contributed by atoms with Crippen LogP contribution in [0.2, 0.25) is 0 Å². The molecule has 3 heteroatoms. The lowest BCUT2D eigenvalue weighted by molar-refractivity contribution is -0.118. The van der Waals surface area contributed by atoms with Crippen LogP contribution in [0.3, 0.4) is 0 Å². The number of fused-ring (bicyclic) bond motifs is 1. The number of nitrogens with zero attached hydrogens (tertiary/aromatic N) is 1. The van der Waals surface area contributed by atoms with Crippen molar-refractivity contribution in [3.05, 3.63) is 22.9 Å². The van der Waals surface area contributed by atoms with Crippen molar-refractivity contribution in [1.82, 2.24) is 5.32 Å². The number of allylic oxidation sites excluding steroid dienone is 4. The van der Waals surface area contributed by atoms with E-state index < -0.39 is 0 Å². The quantitative estimate of drug-likeness (QED) is 0.640. The van der Waals surface area contributed by atoms with Crippen LogP contribution in [0.5, 0.6) is 0 Å². The Balaban J connectivity index is 1.96. The average Bonchev–Trinajstić information content (AvgIpc) is 2.53. The standard InChI is InChI=1S/C12H14N2O/c1-7-2-3-10-8(4-7)5-9-6-11(15)14-12(9)13-10/h4,9H,2-3,5-6H2,1H3,(H,13,14,15). The van der Waals surface area contributed by atoms with Crippen LogP contribution in [0.4, 0.5) is 0 Å². The van der Waals surface area contributed by atoms with Gasteiger partial charge in [-0.05, 0) is 31.8 Å². The Morgan fingerprint density at radius 3 is 3.13 bits per heavy atom. The van der Waals surface area contributed by atoms with Crippen LogP contribution in [-0.2, 0) is 4.79 Å². The molecule has 1 unspecified atom stereocenters. The smallest absolute Gasteiger partial charge is 0.226 e. The lowest BCUT2D eigenvalue weighted by Crippen LogP contribution is -2.25. The zero-order valence-electron chi connectivity index (χ0n) is 8.84. The number of hydrogen-bond donors (Lipinski definition) is 1. The van der Waals surface area contributed by atoms with Gasteiger partial charge in [0.2, 0.25) is 5.91 Å². The Labute approximate surface area is 89.0 Å². The lowest BCUT2D eigenvalue weighted by Gasteiger charge is -2.23. The molecule has 0 spiro atoms. The van der Waals surface area contributed by atoms with Gasteiger partial charge < -0.3 is 5.32 Å². The highest BCUT2D eigenvalue weighted by atomic mass is 16.2. The number of hydrogen-bond acceptors (Lipinski definition) is 2. The summed E-state index contributed by atoms with van der Waals surface area (Å²) in [6, 6.07) is 0. The van der Waals surface area contributed by atoms with Crippen molar-refractivity contribution >= 4 is 11.7 Å². The van der Waals surface area contributed by atoms with E-state index in [1.54, 1.807) is 0 Å². The maximum Gasteiger partial charge on any atom is 0.226 e. The molecule has 3 nitrogen and oxygen atoms in total. The van der Waals surface area contributed by atoms with E-state index in [-0.39, 0.29) is 5.91 Å². The molecule has 2 heterocycles. The van der Waals surface area contributed by atoms with Gasteiger partial charge in [-0.2, -0.15) is 0 Å². The number of carbonyl (C=O) groups is 1. The second kappa shape index (κ2) is 3.05. The van der Waals surface area contributed by atoms with Crippen molar-refractivity contribution in [1.29, 1.82) is 0 Å². The molecule has 1 amide bonds. The SMILES string of the molecule is CC1=CC2=C(CC1)N=C1NC(=O)CC1C2. The first-order valence-electron chi connectivity index (χ1n) is 5.50. The Kier molecular flexibility index (Phi) is 1.81. The van der Waals surface area contributed by atoms with Gasteiger partial charge in [0, 0.05) is 18.0 Å². The van der Waals surface area contributed by atoms with Crippen molar-refractivity contribution in [3.8, 4) is 0 Å². The molecule has 3 rings (SSSR count). The summed E-state index contributed by atoms with van der Waals surface area (Å²) < 4.78 is 0. The predicted molar refractivity (Wildman–Crippen MR) is 58.3 cm³/mol. The topological polar surface area (TPSA) is 41.5 Å². The molecule has 0 saturated carbocycles. The molecule has 0 radical (unpaired) electrons. The third kappa shape index (κ3) is 1.42. The van der Waals surface area contributed by atoms with E-state index in [0.29, 0.717) is 12.3 Å². The van der Waals surface area contributed by atoms with E-state index in [0.717, 1.165) is 25.1 Å². The van der Waals surface area contributed by atoms with Gasteiger partial charge in [0.25, 0.3) is 0 Å². The van der Waals surface area contributed by atoms with Gasteiger partial charge in [-0.3, -0.25) is 4.79 Å². The minimum Gasteiger partial charge on any atom is -0.314 e. The molecule has 0 aromatic heterocycles. The Morgan fingerprint density at radius 1 is 1.40 bits per heavy atom. The first kappa shape index (κ1) is 8.89. The predicted octanol–water partition coefficient (Wildman–Crippen LogP) is 1.92. The molecule has 2 aliphatic heterocycles. The van der Waals surface area contributed by atoms with Crippen LogP contribution < -0.4 is 5.32 Å². The minimum atomic E-state index is 0.124. The largest absolute Gasteiger partial charge is 0.314 e. The van der Waals surface area contributed by atoms with E-state index in [9.17, 15) is 4.79 Å². The van der Waals surface area contributed by atoms with E-state index in [4.69, 9.17) is 0 Å². The maximum atomic E-state index is 11.3. The molecule has 3 aliphatic rings. The molecule has 78 valence electrons. The Hall–Kier alpha value is -1.38. The Morgan fingerprint density at radius 2 is 2.27 bits per heavy atom. The van der Waals surface area contributed by atoms with Crippen LogP contribution >= 0.6 is 0 Å². The summed E-state index contributed by atoms with van der Waals surface area (Å²) in [5.41, 5.74) is 3.97. The van der Waals surface area contributed by atoms with Crippen LogP contribution in [0.1, 0.15) is 32.6 Å². The van der Waals surface area contributed by atoms with Crippen LogP contribution in [-0.4, -0.2) is 11.7 Å². The van der Waals surface area contributed by atoms with Crippen molar-refractivity contribution in [2.24, 2.45) is 10.9 Å². The van der Waals surface area contributed by atoms with Gasteiger partial charge in [0.15, 0.2) is 0 Å².